The molecule has 0 radical (unpaired) electrons. The quantitative estimate of drug-likeness (QED) is 0.277. The van der Waals surface area contributed by atoms with Crippen molar-refractivity contribution in [2.45, 2.75) is 19.8 Å². The van der Waals surface area contributed by atoms with Crippen LogP contribution in [0.25, 0.3) is 0 Å². The molecule has 0 saturated carbocycles. The molecule has 1 atom stereocenters. The molecule has 2 amide bonds. The Balaban J connectivity index is 0.00000256. The van der Waals surface area contributed by atoms with Crippen LogP contribution < -0.4 is 34.9 Å². The van der Waals surface area contributed by atoms with E-state index in [0.717, 1.165) is 0 Å². The van der Waals surface area contributed by atoms with Crippen molar-refractivity contribution < 1.29 is 39.1 Å². The van der Waals surface area contributed by atoms with Gasteiger partial charge in [-0.25, -0.2) is 4.99 Å². The second-order valence-corrected chi connectivity index (χ2v) is 3.91. The van der Waals surface area contributed by atoms with Crippen molar-refractivity contribution >= 4 is 29.6 Å². The van der Waals surface area contributed by atoms with Crippen LogP contribution in [-0.2, 0) is 22.2 Å². The Morgan fingerprint density at radius 3 is 2.59 bits per heavy atom. The summed E-state index contributed by atoms with van der Waals surface area (Å²) in [5.74, 6) is -0.880. The van der Waals surface area contributed by atoms with Gasteiger partial charge in [0.1, 0.15) is 5.41 Å². The van der Waals surface area contributed by atoms with Crippen molar-refractivity contribution in [2.75, 3.05) is 0 Å². The summed E-state index contributed by atoms with van der Waals surface area (Å²) in [6, 6.07) is 0. The SMILES string of the molecule is C=CCC1(C/C=C/C)C(=O)N=C([S-])NC1=O.[Na+]. The first-order chi connectivity index (χ1) is 7.56. The first kappa shape index (κ1) is 16.5. The van der Waals surface area contributed by atoms with Gasteiger partial charge >= 0.3 is 29.6 Å². The number of nitrogens with zero attached hydrogens (tertiary/aromatic N) is 1. The van der Waals surface area contributed by atoms with Crippen molar-refractivity contribution in [1.82, 2.24) is 5.32 Å². The normalized spacial score (nSPS) is 23.9. The van der Waals surface area contributed by atoms with E-state index in [-0.39, 0.29) is 41.1 Å². The predicted molar refractivity (Wildman–Crippen MR) is 64.6 cm³/mol. The largest absolute Gasteiger partial charge is 1.00 e. The van der Waals surface area contributed by atoms with E-state index in [1.165, 1.54) is 0 Å². The van der Waals surface area contributed by atoms with Crippen LogP contribution in [0, 0.1) is 5.41 Å². The molecule has 0 aromatic rings. The molecule has 1 unspecified atom stereocenters. The maximum atomic E-state index is 11.9. The van der Waals surface area contributed by atoms with Gasteiger partial charge in [0.05, 0.1) is 0 Å². The molecule has 1 aliphatic heterocycles. The van der Waals surface area contributed by atoms with Gasteiger partial charge < -0.3 is 17.9 Å². The predicted octanol–water partition coefficient (Wildman–Crippen LogP) is -1.92. The Bertz CT molecular complexity index is 393. The summed E-state index contributed by atoms with van der Waals surface area (Å²) in [6.07, 6.45) is 5.68. The van der Waals surface area contributed by atoms with E-state index < -0.39 is 17.2 Å². The standard InChI is InChI=1S/C11H14N2O2S.Na/c1-3-5-7-11(6-4-2)8(14)12-10(16)13-9(11)15;/h3-5H,2,6-7H2,1H3,(H2,12,13,14,15,16);/q;+1/p-1/b5-3+;. The number of carbonyl (C=O) groups is 2. The van der Waals surface area contributed by atoms with Gasteiger partial charge in [-0.2, -0.15) is 0 Å². The Morgan fingerprint density at radius 1 is 1.47 bits per heavy atom. The number of aliphatic imine (C=N–C) groups is 1. The summed E-state index contributed by atoms with van der Waals surface area (Å²) in [5, 5.41) is 2.36. The number of allylic oxidation sites excluding steroid dienone is 3. The van der Waals surface area contributed by atoms with Gasteiger partial charge in [-0.15, -0.1) is 6.58 Å². The van der Waals surface area contributed by atoms with Crippen LogP contribution in [0.15, 0.2) is 29.8 Å². The van der Waals surface area contributed by atoms with Crippen LogP contribution in [0.4, 0.5) is 0 Å². The summed E-state index contributed by atoms with van der Waals surface area (Å²) in [4.78, 5) is 27.3. The van der Waals surface area contributed by atoms with E-state index in [4.69, 9.17) is 12.6 Å². The van der Waals surface area contributed by atoms with Crippen LogP contribution >= 0.6 is 0 Å². The van der Waals surface area contributed by atoms with E-state index in [2.05, 4.69) is 16.9 Å². The molecule has 0 spiro atoms. The van der Waals surface area contributed by atoms with Gasteiger partial charge in [-0.3, -0.25) is 9.59 Å². The third-order valence-electron chi connectivity index (χ3n) is 2.46. The number of hydrogen-bond donors (Lipinski definition) is 1. The molecular weight excluding hydrogens is 247 g/mol. The number of amides is 2. The Labute approximate surface area is 128 Å². The monoisotopic (exact) mass is 260 g/mol. The Hall–Kier alpha value is -0.490. The third-order valence-corrected chi connectivity index (χ3v) is 2.66. The average Bonchev–Trinajstić information content (AvgIpc) is 2.22. The van der Waals surface area contributed by atoms with E-state index >= 15 is 0 Å². The number of amidine groups is 1. The van der Waals surface area contributed by atoms with Crippen LogP contribution in [0.5, 0.6) is 0 Å². The molecule has 17 heavy (non-hydrogen) atoms. The number of carbonyl (C=O) groups excluding carboxylic acids is 2. The second kappa shape index (κ2) is 7.06. The molecule has 1 heterocycles. The summed E-state index contributed by atoms with van der Waals surface area (Å²) in [7, 11) is 0. The molecule has 4 nitrogen and oxygen atoms in total. The molecule has 0 bridgehead atoms. The molecule has 86 valence electrons. The first-order valence-corrected chi connectivity index (χ1v) is 5.31. The van der Waals surface area contributed by atoms with E-state index in [1.807, 2.05) is 6.92 Å². The number of hydrogen-bond acceptors (Lipinski definition) is 3. The van der Waals surface area contributed by atoms with Crippen LogP contribution in [0.2, 0.25) is 0 Å². The molecule has 0 aliphatic carbocycles. The molecule has 0 saturated heterocycles. The van der Waals surface area contributed by atoms with Crippen molar-refractivity contribution in [2.24, 2.45) is 10.4 Å². The minimum atomic E-state index is -1.17. The van der Waals surface area contributed by atoms with Gasteiger partial charge in [0.15, 0.2) is 0 Å². The van der Waals surface area contributed by atoms with E-state index in [0.29, 0.717) is 6.42 Å². The fourth-order valence-electron chi connectivity index (χ4n) is 1.55. The summed E-state index contributed by atoms with van der Waals surface area (Å²) < 4.78 is 0. The fourth-order valence-corrected chi connectivity index (χ4v) is 1.73. The molecule has 6 heteroatoms. The Morgan fingerprint density at radius 2 is 2.12 bits per heavy atom. The van der Waals surface area contributed by atoms with Gasteiger partial charge in [0.25, 0.3) is 5.91 Å². The zero-order chi connectivity index (χ0) is 12.2. The molecule has 0 fully saturated rings. The summed E-state index contributed by atoms with van der Waals surface area (Å²) in [6.45, 7) is 5.39. The van der Waals surface area contributed by atoms with Crippen molar-refractivity contribution in [3.8, 4) is 0 Å². The zero-order valence-corrected chi connectivity index (χ0v) is 12.8. The number of rotatable bonds is 4. The molecule has 1 N–H and O–H groups in total. The van der Waals surface area contributed by atoms with Crippen molar-refractivity contribution in [3.05, 3.63) is 24.8 Å². The van der Waals surface area contributed by atoms with Crippen molar-refractivity contribution in [3.63, 3.8) is 0 Å². The van der Waals surface area contributed by atoms with Crippen molar-refractivity contribution in [1.29, 1.82) is 0 Å². The van der Waals surface area contributed by atoms with E-state index in [9.17, 15) is 9.59 Å². The average molecular weight is 260 g/mol. The molecule has 0 aromatic carbocycles. The van der Waals surface area contributed by atoms with Crippen LogP contribution in [0.3, 0.4) is 0 Å². The minimum Gasteiger partial charge on any atom is -0.742 e. The van der Waals surface area contributed by atoms with E-state index in [1.54, 1.807) is 18.2 Å². The molecule has 0 aromatic heterocycles. The maximum Gasteiger partial charge on any atom is 1.00 e. The second-order valence-electron chi connectivity index (χ2n) is 3.52. The van der Waals surface area contributed by atoms with Crippen LogP contribution in [0.1, 0.15) is 19.8 Å². The van der Waals surface area contributed by atoms with Gasteiger partial charge in [0, 0.05) is 0 Å². The smallest absolute Gasteiger partial charge is 0.742 e. The maximum absolute atomic E-state index is 11.9. The third kappa shape index (κ3) is 3.48. The van der Waals surface area contributed by atoms with Gasteiger partial charge in [0.2, 0.25) is 5.91 Å². The fraction of sp³-hybridized carbons (Fsp3) is 0.364. The summed E-state index contributed by atoms with van der Waals surface area (Å²) >= 11 is 4.70. The zero-order valence-electron chi connectivity index (χ0n) is 10.0. The Kier molecular flexibility index (Phi) is 6.85. The van der Waals surface area contributed by atoms with Gasteiger partial charge in [-0.05, 0) is 24.9 Å². The van der Waals surface area contributed by atoms with Crippen LogP contribution in [-0.4, -0.2) is 17.0 Å². The summed E-state index contributed by atoms with van der Waals surface area (Å²) in [5.41, 5.74) is -1.17. The molecular formula is C11H13N2NaO2S. The first-order valence-electron chi connectivity index (χ1n) is 4.90. The number of nitrogens with one attached hydrogen (secondary N) is 1. The molecule has 1 rings (SSSR count). The van der Waals surface area contributed by atoms with Gasteiger partial charge in [-0.1, -0.05) is 18.2 Å². The topological polar surface area (TPSA) is 58.5 Å². The molecule has 1 aliphatic rings. The minimum absolute atomic E-state index is 0.